The van der Waals surface area contributed by atoms with Crippen molar-refractivity contribution in [2.75, 3.05) is 6.61 Å². The molecule has 0 aromatic heterocycles. The van der Waals surface area contributed by atoms with Crippen molar-refractivity contribution in [3.63, 3.8) is 0 Å². The summed E-state index contributed by atoms with van der Waals surface area (Å²) in [6.45, 7) is 0.815. The van der Waals surface area contributed by atoms with Crippen molar-refractivity contribution in [3.8, 4) is 0 Å². The molecule has 1 aliphatic heterocycles. The molecule has 3 rings (SSSR count). The molecule has 2 nitrogen and oxygen atoms in total. The predicted octanol–water partition coefficient (Wildman–Crippen LogP) is 1.97. The first-order chi connectivity index (χ1) is 7.30. The molecule has 1 aromatic carbocycles. The molecule has 0 bridgehead atoms. The summed E-state index contributed by atoms with van der Waals surface area (Å²) in [5.74, 6) is 0. The van der Waals surface area contributed by atoms with Crippen LogP contribution < -0.4 is 5.73 Å². The van der Waals surface area contributed by atoms with Gasteiger partial charge in [0.1, 0.15) is 0 Å². The van der Waals surface area contributed by atoms with E-state index in [9.17, 15) is 0 Å². The van der Waals surface area contributed by atoms with E-state index in [2.05, 4.69) is 24.3 Å². The zero-order chi connectivity index (χ0) is 10.3. The zero-order valence-corrected chi connectivity index (χ0v) is 8.91. The van der Waals surface area contributed by atoms with Gasteiger partial charge in [0.15, 0.2) is 0 Å². The SMILES string of the molecule is NC1CCOC2(CCc3ccccc32)C1. The maximum atomic E-state index is 6.07. The summed E-state index contributed by atoms with van der Waals surface area (Å²) in [5.41, 5.74) is 8.86. The molecule has 0 saturated carbocycles. The second-order valence-electron chi connectivity index (χ2n) is 4.75. The number of ether oxygens (including phenoxy) is 1. The summed E-state index contributed by atoms with van der Waals surface area (Å²) < 4.78 is 6.04. The Bertz CT molecular complexity index is 373. The van der Waals surface area contributed by atoms with Gasteiger partial charge in [-0.25, -0.2) is 0 Å². The molecule has 1 aliphatic carbocycles. The quantitative estimate of drug-likeness (QED) is 0.699. The lowest BCUT2D eigenvalue weighted by Gasteiger charge is -2.37. The molecule has 1 fully saturated rings. The van der Waals surface area contributed by atoms with E-state index < -0.39 is 0 Å². The third-order valence-corrected chi connectivity index (χ3v) is 3.77. The van der Waals surface area contributed by atoms with Crippen LogP contribution in [0.4, 0.5) is 0 Å². The Morgan fingerprint density at radius 1 is 1.33 bits per heavy atom. The van der Waals surface area contributed by atoms with Crippen LogP contribution in [0.25, 0.3) is 0 Å². The van der Waals surface area contributed by atoms with Gasteiger partial charge in [0.25, 0.3) is 0 Å². The van der Waals surface area contributed by atoms with Crippen LogP contribution in [-0.2, 0) is 16.8 Å². The lowest BCUT2D eigenvalue weighted by Crippen LogP contribution is -2.41. The molecule has 15 heavy (non-hydrogen) atoms. The minimum Gasteiger partial charge on any atom is -0.370 e. The normalized spacial score (nSPS) is 34.3. The maximum Gasteiger partial charge on any atom is 0.0951 e. The minimum atomic E-state index is -0.0474. The molecule has 80 valence electrons. The van der Waals surface area contributed by atoms with Gasteiger partial charge in [0.2, 0.25) is 0 Å². The number of rotatable bonds is 0. The van der Waals surface area contributed by atoms with E-state index in [1.165, 1.54) is 11.1 Å². The average molecular weight is 203 g/mol. The molecule has 2 aliphatic rings. The van der Waals surface area contributed by atoms with E-state index in [0.29, 0.717) is 6.04 Å². The predicted molar refractivity (Wildman–Crippen MR) is 59.6 cm³/mol. The molecule has 1 heterocycles. The second-order valence-corrected chi connectivity index (χ2v) is 4.75. The van der Waals surface area contributed by atoms with E-state index in [1.807, 2.05) is 0 Å². The van der Waals surface area contributed by atoms with E-state index >= 15 is 0 Å². The highest BCUT2D eigenvalue weighted by Crippen LogP contribution is 2.45. The van der Waals surface area contributed by atoms with E-state index in [4.69, 9.17) is 10.5 Å². The minimum absolute atomic E-state index is 0.0474. The Morgan fingerprint density at radius 2 is 2.20 bits per heavy atom. The lowest BCUT2D eigenvalue weighted by molar-refractivity contribution is -0.0884. The summed E-state index contributed by atoms with van der Waals surface area (Å²) >= 11 is 0. The van der Waals surface area contributed by atoms with Crippen molar-refractivity contribution in [2.24, 2.45) is 5.73 Å². The average Bonchev–Trinajstić information content (AvgIpc) is 2.59. The van der Waals surface area contributed by atoms with Gasteiger partial charge in [0.05, 0.1) is 5.60 Å². The van der Waals surface area contributed by atoms with Gasteiger partial charge in [-0.05, 0) is 36.8 Å². The Balaban J connectivity index is 2.00. The first-order valence-corrected chi connectivity index (χ1v) is 5.78. The van der Waals surface area contributed by atoms with Crippen LogP contribution in [0.1, 0.15) is 30.4 Å². The van der Waals surface area contributed by atoms with Crippen molar-refractivity contribution in [3.05, 3.63) is 35.4 Å². The van der Waals surface area contributed by atoms with Gasteiger partial charge in [0, 0.05) is 12.6 Å². The molecule has 0 radical (unpaired) electrons. The Hall–Kier alpha value is -0.860. The number of hydrogen-bond acceptors (Lipinski definition) is 2. The van der Waals surface area contributed by atoms with Crippen LogP contribution >= 0.6 is 0 Å². The highest BCUT2D eigenvalue weighted by atomic mass is 16.5. The molecular weight excluding hydrogens is 186 g/mol. The summed E-state index contributed by atoms with van der Waals surface area (Å²) in [6, 6.07) is 8.95. The number of benzene rings is 1. The van der Waals surface area contributed by atoms with E-state index in [0.717, 1.165) is 32.3 Å². The summed E-state index contributed by atoms with van der Waals surface area (Å²) in [7, 11) is 0. The summed E-state index contributed by atoms with van der Waals surface area (Å²) in [5, 5.41) is 0. The van der Waals surface area contributed by atoms with Crippen LogP contribution in [0, 0.1) is 0 Å². The molecule has 2 atom stereocenters. The standard InChI is InChI=1S/C13H17NO/c14-11-6-8-15-13(9-11)7-5-10-3-1-2-4-12(10)13/h1-4,11H,5-9,14H2. The van der Waals surface area contributed by atoms with Crippen molar-refractivity contribution in [1.82, 2.24) is 0 Å². The third kappa shape index (κ3) is 1.40. The fourth-order valence-electron chi connectivity index (χ4n) is 3.01. The van der Waals surface area contributed by atoms with E-state index in [-0.39, 0.29) is 5.60 Å². The summed E-state index contributed by atoms with van der Waals surface area (Å²) in [6.07, 6.45) is 4.25. The Kier molecular flexibility index (Phi) is 2.08. The number of hydrogen-bond donors (Lipinski definition) is 1. The van der Waals surface area contributed by atoms with Crippen LogP contribution in [0.2, 0.25) is 0 Å². The molecule has 1 spiro atoms. The molecule has 0 amide bonds. The molecule has 1 aromatic rings. The second kappa shape index (κ2) is 3.32. The topological polar surface area (TPSA) is 35.2 Å². The monoisotopic (exact) mass is 203 g/mol. The molecule has 2 unspecified atom stereocenters. The molecule has 1 saturated heterocycles. The first-order valence-electron chi connectivity index (χ1n) is 5.78. The van der Waals surface area contributed by atoms with Gasteiger partial charge >= 0.3 is 0 Å². The fourth-order valence-corrected chi connectivity index (χ4v) is 3.01. The number of fused-ring (bicyclic) bond motifs is 2. The number of nitrogens with two attached hydrogens (primary N) is 1. The van der Waals surface area contributed by atoms with Crippen molar-refractivity contribution >= 4 is 0 Å². The molecule has 2 heteroatoms. The van der Waals surface area contributed by atoms with Gasteiger partial charge in [-0.15, -0.1) is 0 Å². The van der Waals surface area contributed by atoms with Crippen molar-refractivity contribution < 1.29 is 4.74 Å². The van der Waals surface area contributed by atoms with Gasteiger partial charge in [-0.3, -0.25) is 0 Å². The Labute approximate surface area is 90.4 Å². The Morgan fingerprint density at radius 3 is 3.07 bits per heavy atom. The first kappa shape index (κ1) is 9.37. The van der Waals surface area contributed by atoms with Crippen molar-refractivity contribution in [2.45, 2.75) is 37.3 Å². The molecular formula is C13H17NO. The van der Waals surface area contributed by atoms with Crippen molar-refractivity contribution in [1.29, 1.82) is 0 Å². The lowest BCUT2D eigenvalue weighted by atomic mass is 9.86. The smallest absolute Gasteiger partial charge is 0.0951 e. The van der Waals surface area contributed by atoms with Crippen LogP contribution in [0.3, 0.4) is 0 Å². The largest absolute Gasteiger partial charge is 0.370 e. The van der Waals surface area contributed by atoms with Gasteiger partial charge in [-0.1, -0.05) is 24.3 Å². The van der Waals surface area contributed by atoms with Crippen LogP contribution in [0.5, 0.6) is 0 Å². The van der Waals surface area contributed by atoms with Gasteiger partial charge in [-0.2, -0.15) is 0 Å². The zero-order valence-electron chi connectivity index (χ0n) is 8.91. The summed E-state index contributed by atoms with van der Waals surface area (Å²) in [4.78, 5) is 0. The maximum absolute atomic E-state index is 6.07. The van der Waals surface area contributed by atoms with E-state index in [1.54, 1.807) is 0 Å². The molecule has 2 N–H and O–H groups in total. The highest BCUT2D eigenvalue weighted by Gasteiger charge is 2.42. The highest BCUT2D eigenvalue weighted by molar-refractivity contribution is 5.37. The van der Waals surface area contributed by atoms with Crippen LogP contribution in [-0.4, -0.2) is 12.6 Å². The van der Waals surface area contributed by atoms with Crippen LogP contribution in [0.15, 0.2) is 24.3 Å². The third-order valence-electron chi connectivity index (χ3n) is 3.77. The fraction of sp³-hybridized carbons (Fsp3) is 0.538. The van der Waals surface area contributed by atoms with Gasteiger partial charge < -0.3 is 10.5 Å². The number of aryl methyl sites for hydroxylation is 1.